The number of anilines is 1. The summed E-state index contributed by atoms with van der Waals surface area (Å²) >= 11 is 0. The van der Waals surface area contributed by atoms with Crippen LogP contribution in [-0.4, -0.2) is 23.4 Å². The number of halogens is 3. The zero-order valence-electron chi connectivity index (χ0n) is 14.1. The molecule has 6 nitrogen and oxygen atoms in total. The molecule has 1 aromatic carbocycles. The highest BCUT2D eigenvalue weighted by Crippen LogP contribution is 2.42. The smallest absolute Gasteiger partial charge is 0.493 e. The molecule has 0 radical (unpaired) electrons. The Bertz CT molecular complexity index is 764. The summed E-state index contributed by atoms with van der Waals surface area (Å²) in [5.74, 6) is 0.185. The molecule has 0 atom stereocenters. The largest absolute Gasteiger partial charge is 0.573 e. The number of nitrogen functional groups attached to an aromatic ring is 1. The topological polar surface area (TPSA) is 79.5 Å². The zero-order chi connectivity index (χ0) is 18.8. The normalized spacial score (nSPS) is 11.5. The van der Waals surface area contributed by atoms with Crippen molar-refractivity contribution in [1.29, 1.82) is 0 Å². The van der Waals surface area contributed by atoms with Crippen molar-refractivity contribution in [1.82, 2.24) is 9.97 Å². The Labute approximate surface area is 142 Å². The fraction of sp³-hybridized carbons (Fsp3) is 0.375. The number of hydrogen-bond acceptors (Lipinski definition) is 6. The van der Waals surface area contributed by atoms with E-state index in [1.165, 1.54) is 19.4 Å². The van der Waals surface area contributed by atoms with Gasteiger partial charge in [-0.05, 0) is 18.9 Å². The second-order valence-corrected chi connectivity index (χ2v) is 5.51. The first kappa shape index (κ1) is 18.6. The minimum Gasteiger partial charge on any atom is -0.493 e. The molecule has 0 aliphatic rings. The molecule has 1 heterocycles. The van der Waals surface area contributed by atoms with Crippen LogP contribution in [0.5, 0.6) is 23.0 Å². The molecule has 0 saturated carbocycles. The molecule has 0 saturated heterocycles. The number of aryl methyl sites for hydroxylation is 1. The van der Waals surface area contributed by atoms with Crippen LogP contribution in [-0.2, 0) is 0 Å². The lowest BCUT2D eigenvalue weighted by molar-refractivity contribution is -0.275. The number of aromatic nitrogens is 2. The van der Waals surface area contributed by atoms with Crippen LogP contribution in [0.1, 0.15) is 31.2 Å². The number of methoxy groups -OCH3 is 1. The molecule has 0 aliphatic heterocycles. The first-order chi connectivity index (χ1) is 11.6. The molecular weight excluding hydrogens is 339 g/mol. The van der Waals surface area contributed by atoms with Crippen molar-refractivity contribution >= 4 is 5.82 Å². The summed E-state index contributed by atoms with van der Waals surface area (Å²) < 4.78 is 52.5. The molecule has 1 aromatic heterocycles. The molecule has 0 bridgehead atoms. The van der Waals surface area contributed by atoms with E-state index in [9.17, 15) is 13.2 Å². The third-order valence-corrected chi connectivity index (χ3v) is 3.27. The van der Waals surface area contributed by atoms with Crippen molar-refractivity contribution in [2.75, 3.05) is 12.8 Å². The van der Waals surface area contributed by atoms with Crippen LogP contribution < -0.4 is 19.9 Å². The zero-order valence-corrected chi connectivity index (χ0v) is 14.1. The number of benzene rings is 1. The maximum atomic E-state index is 12.6. The van der Waals surface area contributed by atoms with E-state index in [0.29, 0.717) is 11.4 Å². The van der Waals surface area contributed by atoms with Gasteiger partial charge in [-0.3, -0.25) is 0 Å². The summed E-state index contributed by atoms with van der Waals surface area (Å²) in [6, 6.07) is 2.55. The number of rotatable bonds is 5. The van der Waals surface area contributed by atoms with Crippen LogP contribution in [0.3, 0.4) is 0 Å². The molecule has 0 aliphatic carbocycles. The van der Waals surface area contributed by atoms with Gasteiger partial charge in [-0.25, -0.2) is 9.97 Å². The van der Waals surface area contributed by atoms with Gasteiger partial charge in [0.15, 0.2) is 23.1 Å². The molecule has 0 unspecified atom stereocenters. The third kappa shape index (κ3) is 4.65. The van der Waals surface area contributed by atoms with Crippen LogP contribution in [0.15, 0.2) is 18.3 Å². The molecule has 2 rings (SSSR count). The van der Waals surface area contributed by atoms with Crippen LogP contribution in [0.4, 0.5) is 19.0 Å². The second-order valence-electron chi connectivity index (χ2n) is 5.51. The Morgan fingerprint density at radius 2 is 1.76 bits per heavy atom. The Morgan fingerprint density at radius 3 is 2.28 bits per heavy atom. The number of alkyl halides is 3. The molecule has 2 aromatic rings. The molecule has 0 spiro atoms. The highest BCUT2D eigenvalue weighted by atomic mass is 19.4. The van der Waals surface area contributed by atoms with E-state index in [2.05, 4.69) is 14.7 Å². The average molecular weight is 357 g/mol. The SMILES string of the molecule is COc1cc(C(C)C)c(Oc2cnc(C)nc2N)cc1OC(F)(F)F. The van der Waals surface area contributed by atoms with Gasteiger partial charge < -0.3 is 19.9 Å². The fourth-order valence-electron chi connectivity index (χ4n) is 2.13. The van der Waals surface area contributed by atoms with Gasteiger partial charge in [-0.1, -0.05) is 13.8 Å². The van der Waals surface area contributed by atoms with E-state index < -0.39 is 12.1 Å². The van der Waals surface area contributed by atoms with Crippen molar-refractivity contribution in [3.8, 4) is 23.0 Å². The summed E-state index contributed by atoms with van der Waals surface area (Å²) in [5.41, 5.74) is 6.40. The van der Waals surface area contributed by atoms with Gasteiger partial charge in [0.1, 0.15) is 11.6 Å². The molecule has 136 valence electrons. The Kier molecular flexibility index (Phi) is 5.24. The maximum Gasteiger partial charge on any atom is 0.573 e. The molecule has 25 heavy (non-hydrogen) atoms. The van der Waals surface area contributed by atoms with E-state index in [1.807, 2.05) is 13.8 Å². The summed E-state index contributed by atoms with van der Waals surface area (Å²) in [5, 5.41) is 0. The maximum absolute atomic E-state index is 12.6. The van der Waals surface area contributed by atoms with Gasteiger partial charge >= 0.3 is 6.36 Å². The van der Waals surface area contributed by atoms with Crippen molar-refractivity contribution in [3.63, 3.8) is 0 Å². The summed E-state index contributed by atoms with van der Waals surface area (Å²) in [4.78, 5) is 7.94. The Hall–Kier alpha value is -2.71. The van der Waals surface area contributed by atoms with Crippen molar-refractivity contribution in [2.45, 2.75) is 33.1 Å². The van der Waals surface area contributed by atoms with Crippen molar-refractivity contribution in [3.05, 3.63) is 29.7 Å². The molecule has 0 amide bonds. The lowest BCUT2D eigenvalue weighted by atomic mass is 10.0. The predicted molar refractivity (Wildman–Crippen MR) is 85.0 cm³/mol. The van der Waals surface area contributed by atoms with Gasteiger partial charge in [-0.15, -0.1) is 13.2 Å². The van der Waals surface area contributed by atoms with Gasteiger partial charge in [0, 0.05) is 11.6 Å². The molecule has 0 fully saturated rings. The Morgan fingerprint density at radius 1 is 1.08 bits per heavy atom. The minimum absolute atomic E-state index is 0.0542. The first-order valence-electron chi connectivity index (χ1n) is 7.35. The highest BCUT2D eigenvalue weighted by Gasteiger charge is 2.33. The minimum atomic E-state index is -4.87. The Balaban J connectivity index is 2.51. The molecule has 9 heteroatoms. The summed E-state index contributed by atoms with van der Waals surface area (Å²) in [7, 11) is 1.26. The van der Waals surface area contributed by atoms with Crippen LogP contribution in [0, 0.1) is 6.92 Å². The van der Waals surface area contributed by atoms with Gasteiger partial charge in [-0.2, -0.15) is 0 Å². The third-order valence-electron chi connectivity index (χ3n) is 3.27. The van der Waals surface area contributed by atoms with E-state index >= 15 is 0 Å². The van der Waals surface area contributed by atoms with E-state index in [0.717, 1.165) is 6.07 Å². The molecular formula is C16H18F3N3O3. The van der Waals surface area contributed by atoms with Crippen molar-refractivity contribution in [2.24, 2.45) is 0 Å². The predicted octanol–water partition coefficient (Wildman–Crippen LogP) is 4.19. The number of nitrogens with zero attached hydrogens (tertiary/aromatic N) is 2. The lowest BCUT2D eigenvalue weighted by Gasteiger charge is -2.19. The standard InChI is InChI=1S/C16H18F3N3O3/c1-8(2)10-5-12(23-4)13(25-16(17,18)19)6-11(10)24-14-7-21-9(3)22-15(14)20/h5-8H,1-4H3,(H2,20,21,22). The number of ether oxygens (including phenoxy) is 3. The lowest BCUT2D eigenvalue weighted by Crippen LogP contribution is -2.18. The summed E-state index contributed by atoms with van der Waals surface area (Å²) in [6.45, 7) is 5.38. The van der Waals surface area contributed by atoms with Crippen LogP contribution in [0.25, 0.3) is 0 Å². The molecule has 2 N–H and O–H groups in total. The van der Waals surface area contributed by atoms with Gasteiger partial charge in [0.2, 0.25) is 0 Å². The summed E-state index contributed by atoms with van der Waals surface area (Å²) in [6.07, 6.45) is -3.51. The van der Waals surface area contributed by atoms with Gasteiger partial charge in [0.25, 0.3) is 0 Å². The van der Waals surface area contributed by atoms with Crippen LogP contribution in [0.2, 0.25) is 0 Å². The second kappa shape index (κ2) is 7.04. The quantitative estimate of drug-likeness (QED) is 0.864. The van der Waals surface area contributed by atoms with E-state index in [1.54, 1.807) is 6.92 Å². The first-order valence-corrected chi connectivity index (χ1v) is 7.35. The van der Waals surface area contributed by atoms with Crippen molar-refractivity contribution < 1.29 is 27.4 Å². The fourth-order valence-corrected chi connectivity index (χ4v) is 2.13. The number of nitrogens with two attached hydrogens (primary N) is 1. The van der Waals surface area contributed by atoms with Crippen LogP contribution >= 0.6 is 0 Å². The van der Waals surface area contributed by atoms with Gasteiger partial charge in [0.05, 0.1) is 13.3 Å². The highest BCUT2D eigenvalue weighted by molar-refractivity contribution is 5.55. The average Bonchev–Trinajstić information content (AvgIpc) is 2.48. The van der Waals surface area contributed by atoms with E-state index in [-0.39, 0.29) is 29.0 Å². The number of hydrogen-bond donors (Lipinski definition) is 1. The van der Waals surface area contributed by atoms with E-state index in [4.69, 9.17) is 15.2 Å². The monoisotopic (exact) mass is 357 g/mol.